The van der Waals surface area contributed by atoms with Gasteiger partial charge in [-0.1, -0.05) is 0 Å². The Hall–Kier alpha value is -0.520. The van der Waals surface area contributed by atoms with Crippen molar-refractivity contribution in [2.24, 2.45) is 0 Å². The van der Waals surface area contributed by atoms with Gasteiger partial charge in [0.25, 0.3) is 0 Å². The second-order valence-electron chi connectivity index (χ2n) is 3.87. The molecule has 1 aliphatic rings. The van der Waals surface area contributed by atoms with Gasteiger partial charge in [-0.3, -0.25) is 10.1 Å². The maximum atomic E-state index is 12.0. The Labute approximate surface area is 104 Å². The predicted molar refractivity (Wildman–Crippen MR) is 69.8 cm³/mol. The minimum absolute atomic E-state index is 0.0632. The average molecular weight is 256 g/mol. The molecule has 1 aromatic heterocycles. The maximum Gasteiger partial charge on any atom is 0.241 e. The molecule has 1 N–H and O–H groups in total. The summed E-state index contributed by atoms with van der Waals surface area (Å²) in [5.41, 5.74) is 1.20. The summed E-state index contributed by atoms with van der Waals surface area (Å²) < 4.78 is 0. The smallest absolute Gasteiger partial charge is 0.241 e. The van der Waals surface area contributed by atoms with Gasteiger partial charge in [-0.2, -0.15) is 23.1 Å². The zero-order valence-corrected chi connectivity index (χ0v) is 11.1. The summed E-state index contributed by atoms with van der Waals surface area (Å²) >= 11 is 3.44. The molecule has 16 heavy (non-hydrogen) atoms. The summed E-state index contributed by atoms with van der Waals surface area (Å²) in [5, 5.41) is 7.50. The molecule has 3 nitrogen and oxygen atoms in total. The Balaban J connectivity index is 2.13. The van der Waals surface area contributed by atoms with Gasteiger partial charge in [0.2, 0.25) is 5.91 Å². The molecule has 2 rings (SSSR count). The average Bonchev–Trinajstić information content (AvgIpc) is 2.87. The van der Waals surface area contributed by atoms with Gasteiger partial charge in [0.05, 0.1) is 6.04 Å². The maximum absolute atomic E-state index is 12.0. The third-order valence-electron chi connectivity index (χ3n) is 2.77. The van der Waals surface area contributed by atoms with Gasteiger partial charge in [-0.05, 0) is 35.6 Å². The third kappa shape index (κ3) is 2.26. The summed E-state index contributed by atoms with van der Waals surface area (Å²) in [5.74, 6) is 1.20. The van der Waals surface area contributed by atoms with Crippen LogP contribution in [0.1, 0.15) is 18.7 Å². The summed E-state index contributed by atoms with van der Waals surface area (Å²) in [7, 11) is 0. The highest BCUT2D eigenvalue weighted by Crippen LogP contribution is 2.26. The van der Waals surface area contributed by atoms with Gasteiger partial charge in [0.15, 0.2) is 0 Å². The largest absolute Gasteiger partial charge is 0.321 e. The van der Waals surface area contributed by atoms with E-state index in [1.165, 1.54) is 5.56 Å². The number of hydrogen-bond acceptors (Lipinski definition) is 4. The number of hydrogen-bond donors (Lipinski definition) is 1. The van der Waals surface area contributed by atoms with Crippen molar-refractivity contribution in [1.29, 1.82) is 0 Å². The number of carbonyl (C=O) groups is 1. The fraction of sp³-hybridized carbons (Fsp3) is 0.545. The third-order valence-corrected chi connectivity index (χ3v) is 4.06. The number of carbonyl (C=O) groups excluding carboxylic acids is 1. The predicted octanol–water partition coefficient (Wildman–Crippen LogP) is 1.93. The van der Waals surface area contributed by atoms with E-state index in [0.717, 1.165) is 12.3 Å². The van der Waals surface area contributed by atoms with Crippen molar-refractivity contribution in [3.63, 3.8) is 0 Å². The molecule has 1 aromatic rings. The molecule has 0 saturated carbocycles. The van der Waals surface area contributed by atoms with Gasteiger partial charge in [-0.15, -0.1) is 0 Å². The van der Waals surface area contributed by atoms with Crippen LogP contribution < -0.4 is 5.32 Å². The summed E-state index contributed by atoms with van der Waals surface area (Å²) in [6.07, 6.45) is 2.14. The lowest BCUT2D eigenvalue weighted by atomic mass is 10.2. The van der Waals surface area contributed by atoms with Crippen LogP contribution in [0.25, 0.3) is 0 Å². The van der Waals surface area contributed by atoms with Gasteiger partial charge in [-0.25, -0.2) is 0 Å². The molecule has 0 aliphatic carbocycles. The highest BCUT2D eigenvalue weighted by Gasteiger charge is 2.36. The molecule has 88 valence electrons. The van der Waals surface area contributed by atoms with Crippen LogP contribution in [0.15, 0.2) is 16.8 Å². The Kier molecular flexibility index (Phi) is 3.89. The molecule has 0 radical (unpaired) electrons. The number of nitrogens with zero attached hydrogens (tertiary/aromatic N) is 1. The van der Waals surface area contributed by atoms with E-state index >= 15 is 0 Å². The van der Waals surface area contributed by atoms with Crippen LogP contribution in [0.5, 0.6) is 0 Å². The number of thiophene rings is 1. The summed E-state index contributed by atoms with van der Waals surface area (Å²) in [6, 6.07) is 2.02. The molecule has 2 heterocycles. The van der Waals surface area contributed by atoms with E-state index in [4.69, 9.17) is 0 Å². The van der Waals surface area contributed by atoms with E-state index in [0.29, 0.717) is 0 Å². The number of amides is 1. The zero-order valence-electron chi connectivity index (χ0n) is 9.47. The molecule has 0 bridgehead atoms. The standard InChI is InChI=1S/C11H16N2OS2/c1-8-11(14)13(4-6-15-2)10(12-8)9-3-5-16-7-9/h3,5,7-8,10,12H,4,6H2,1-2H3. The highest BCUT2D eigenvalue weighted by molar-refractivity contribution is 7.98. The van der Waals surface area contributed by atoms with E-state index < -0.39 is 0 Å². The number of nitrogens with one attached hydrogen (secondary N) is 1. The van der Waals surface area contributed by atoms with Crippen LogP contribution in [0.2, 0.25) is 0 Å². The molecule has 1 amide bonds. The van der Waals surface area contributed by atoms with E-state index in [9.17, 15) is 4.79 Å². The summed E-state index contributed by atoms with van der Waals surface area (Å²) in [4.78, 5) is 13.9. The normalized spacial score (nSPS) is 25.4. The molecule has 0 aromatic carbocycles. The van der Waals surface area contributed by atoms with Gasteiger partial charge in [0.1, 0.15) is 6.17 Å². The first kappa shape index (κ1) is 12.0. The number of rotatable bonds is 4. The lowest BCUT2D eigenvalue weighted by Crippen LogP contribution is -2.32. The van der Waals surface area contributed by atoms with Gasteiger partial charge >= 0.3 is 0 Å². The van der Waals surface area contributed by atoms with Gasteiger partial charge < -0.3 is 4.90 Å². The van der Waals surface area contributed by atoms with Crippen LogP contribution in [-0.2, 0) is 4.79 Å². The first-order chi connectivity index (χ1) is 7.74. The minimum atomic E-state index is -0.0632. The van der Waals surface area contributed by atoms with E-state index in [1.54, 1.807) is 23.1 Å². The minimum Gasteiger partial charge on any atom is -0.321 e. The molecule has 2 atom stereocenters. The molecule has 1 aliphatic heterocycles. The molecular weight excluding hydrogens is 240 g/mol. The Morgan fingerprint density at radius 1 is 1.62 bits per heavy atom. The van der Waals surface area contributed by atoms with Crippen molar-refractivity contribution in [3.8, 4) is 0 Å². The SMILES string of the molecule is CSCCN1C(=O)C(C)NC1c1ccsc1. The second-order valence-corrected chi connectivity index (χ2v) is 5.64. The molecule has 1 fully saturated rings. The van der Waals surface area contributed by atoms with Crippen LogP contribution in [0, 0.1) is 0 Å². The van der Waals surface area contributed by atoms with Crippen LogP contribution in [0.4, 0.5) is 0 Å². The Bertz CT molecular complexity index is 353. The highest BCUT2D eigenvalue weighted by atomic mass is 32.2. The monoisotopic (exact) mass is 256 g/mol. The zero-order chi connectivity index (χ0) is 11.5. The molecule has 0 spiro atoms. The van der Waals surface area contributed by atoms with Crippen LogP contribution in [0.3, 0.4) is 0 Å². The lowest BCUT2D eigenvalue weighted by molar-refractivity contribution is -0.129. The quantitative estimate of drug-likeness (QED) is 0.893. The first-order valence-electron chi connectivity index (χ1n) is 5.31. The van der Waals surface area contributed by atoms with Crippen LogP contribution >= 0.6 is 23.1 Å². The molecule has 1 saturated heterocycles. The molecular formula is C11H16N2OS2. The Morgan fingerprint density at radius 3 is 3.06 bits per heavy atom. The van der Waals surface area contributed by atoms with Crippen molar-refractivity contribution < 1.29 is 4.79 Å². The van der Waals surface area contributed by atoms with Crippen LogP contribution in [-0.4, -0.2) is 35.4 Å². The molecule has 2 unspecified atom stereocenters. The fourth-order valence-electron chi connectivity index (χ4n) is 1.91. The number of thioether (sulfide) groups is 1. The van der Waals surface area contributed by atoms with E-state index in [2.05, 4.69) is 28.4 Å². The van der Waals surface area contributed by atoms with Gasteiger partial charge in [0, 0.05) is 12.3 Å². The van der Waals surface area contributed by atoms with E-state index in [1.807, 2.05) is 11.8 Å². The second kappa shape index (κ2) is 5.21. The fourth-order valence-corrected chi connectivity index (χ4v) is 2.97. The Morgan fingerprint density at radius 2 is 2.44 bits per heavy atom. The molecule has 5 heteroatoms. The van der Waals surface area contributed by atoms with Crippen molar-refractivity contribution in [3.05, 3.63) is 22.4 Å². The summed E-state index contributed by atoms with van der Waals surface area (Å²) in [6.45, 7) is 2.75. The lowest BCUT2D eigenvalue weighted by Gasteiger charge is -2.23. The first-order valence-corrected chi connectivity index (χ1v) is 7.65. The van der Waals surface area contributed by atoms with Crippen molar-refractivity contribution >= 4 is 29.0 Å². The van der Waals surface area contributed by atoms with Crippen molar-refractivity contribution in [1.82, 2.24) is 10.2 Å². The van der Waals surface area contributed by atoms with E-state index in [-0.39, 0.29) is 18.1 Å². The van der Waals surface area contributed by atoms with Crippen molar-refractivity contribution in [2.45, 2.75) is 19.1 Å². The van der Waals surface area contributed by atoms with Crippen molar-refractivity contribution in [2.75, 3.05) is 18.6 Å². The topological polar surface area (TPSA) is 32.3 Å².